The lowest BCUT2D eigenvalue weighted by Crippen LogP contribution is -2.01. The summed E-state index contributed by atoms with van der Waals surface area (Å²) in [5.74, 6) is 0. The van der Waals surface area contributed by atoms with E-state index in [1.165, 1.54) is 0 Å². The molecule has 0 saturated carbocycles. The van der Waals surface area contributed by atoms with Crippen molar-refractivity contribution in [1.82, 2.24) is 0 Å². The first-order valence-electron chi connectivity index (χ1n) is 2.78. The molecule has 0 spiro atoms. The minimum absolute atomic E-state index is 0.825. The number of aliphatic imine (C=N–C) groups is 3. The average molecular weight is 119 g/mol. The highest BCUT2D eigenvalue weighted by atomic mass is 15.0. The molecule has 0 N–H and O–H groups in total. The fourth-order valence-electron chi connectivity index (χ4n) is 0.829. The predicted octanol–water partition coefficient (Wildman–Crippen LogP) is 0.785. The Bertz CT molecular complexity index is 245. The van der Waals surface area contributed by atoms with Gasteiger partial charge in [0.25, 0.3) is 0 Å². The van der Waals surface area contributed by atoms with Crippen LogP contribution in [0.25, 0.3) is 0 Å². The second-order valence-corrected chi connectivity index (χ2v) is 1.87. The zero-order chi connectivity index (χ0) is 6.10. The number of nitrogens with zero attached hydrogens (tertiary/aromatic N) is 3. The molecule has 44 valence electrons. The maximum Gasteiger partial charge on any atom is 0.116 e. The minimum atomic E-state index is 0.825. The van der Waals surface area contributed by atoms with E-state index in [2.05, 4.69) is 15.0 Å². The minimum Gasteiger partial charge on any atom is -0.266 e. The van der Waals surface area contributed by atoms with E-state index in [9.17, 15) is 0 Å². The third kappa shape index (κ3) is 0.614. The van der Waals surface area contributed by atoms with Crippen LogP contribution in [0.5, 0.6) is 0 Å². The Labute approximate surface area is 52.5 Å². The van der Waals surface area contributed by atoms with Gasteiger partial charge in [0.05, 0.1) is 11.9 Å². The molecule has 0 amide bonds. The Hall–Kier alpha value is -1.25. The molecule has 0 atom stereocenters. The van der Waals surface area contributed by atoms with E-state index in [4.69, 9.17) is 0 Å². The molecule has 0 saturated heterocycles. The molecule has 0 unspecified atom stereocenters. The summed E-state index contributed by atoms with van der Waals surface area (Å²) in [6, 6.07) is 0. The smallest absolute Gasteiger partial charge is 0.116 e. The standard InChI is InChI=1S/C6H5N3/c1-2-7-3-6-5(1)8-4-9-6/h2-4H,1H2. The van der Waals surface area contributed by atoms with Gasteiger partial charge in [0.2, 0.25) is 0 Å². The van der Waals surface area contributed by atoms with Crippen LogP contribution in [0.3, 0.4) is 0 Å². The number of rotatable bonds is 0. The Morgan fingerprint density at radius 1 is 1.44 bits per heavy atom. The molecule has 2 heterocycles. The summed E-state index contributed by atoms with van der Waals surface area (Å²) in [4.78, 5) is 11.9. The van der Waals surface area contributed by atoms with Gasteiger partial charge < -0.3 is 0 Å². The second-order valence-electron chi connectivity index (χ2n) is 1.87. The Morgan fingerprint density at radius 2 is 2.44 bits per heavy atom. The molecule has 0 fully saturated rings. The van der Waals surface area contributed by atoms with Gasteiger partial charge in [-0.2, -0.15) is 0 Å². The van der Waals surface area contributed by atoms with E-state index in [0.29, 0.717) is 0 Å². The van der Waals surface area contributed by atoms with Gasteiger partial charge in [-0.3, -0.25) is 4.99 Å². The molecule has 2 rings (SSSR count). The number of fused-ring (bicyclic) bond motifs is 1. The van der Waals surface area contributed by atoms with Crippen LogP contribution in [0.2, 0.25) is 0 Å². The Balaban J connectivity index is 2.46. The highest BCUT2D eigenvalue weighted by Gasteiger charge is 2.10. The largest absolute Gasteiger partial charge is 0.266 e. The molecule has 0 aromatic carbocycles. The van der Waals surface area contributed by atoms with Gasteiger partial charge in [-0.05, 0) is 0 Å². The van der Waals surface area contributed by atoms with E-state index >= 15 is 0 Å². The van der Waals surface area contributed by atoms with Gasteiger partial charge in [0.15, 0.2) is 0 Å². The van der Waals surface area contributed by atoms with Crippen molar-refractivity contribution in [2.45, 2.75) is 6.42 Å². The zero-order valence-corrected chi connectivity index (χ0v) is 4.78. The van der Waals surface area contributed by atoms with E-state index in [-0.39, 0.29) is 0 Å². The van der Waals surface area contributed by atoms with Gasteiger partial charge in [0, 0.05) is 12.6 Å². The van der Waals surface area contributed by atoms with Gasteiger partial charge in [-0.25, -0.2) is 9.98 Å². The van der Waals surface area contributed by atoms with Crippen molar-refractivity contribution in [1.29, 1.82) is 0 Å². The number of hydrogen-bond acceptors (Lipinski definition) is 3. The van der Waals surface area contributed by atoms with Crippen molar-refractivity contribution >= 4 is 18.3 Å². The molecule has 3 heteroatoms. The summed E-state index contributed by atoms with van der Waals surface area (Å²) in [7, 11) is 0. The first kappa shape index (κ1) is 4.61. The SMILES string of the molecule is C1=NC=C2N=CN=C2C1. The molecule has 2 aliphatic rings. The van der Waals surface area contributed by atoms with Crippen LogP contribution in [0.1, 0.15) is 6.42 Å². The highest BCUT2D eigenvalue weighted by Crippen LogP contribution is 2.11. The van der Waals surface area contributed by atoms with Crippen molar-refractivity contribution in [3.63, 3.8) is 0 Å². The van der Waals surface area contributed by atoms with Gasteiger partial charge in [0.1, 0.15) is 12.0 Å². The first-order chi connectivity index (χ1) is 4.47. The van der Waals surface area contributed by atoms with Gasteiger partial charge >= 0.3 is 0 Å². The predicted molar refractivity (Wildman–Crippen MR) is 37.1 cm³/mol. The Kier molecular flexibility index (Phi) is 0.828. The topological polar surface area (TPSA) is 37.1 Å². The molecule has 0 aromatic heterocycles. The second kappa shape index (κ2) is 1.62. The lowest BCUT2D eigenvalue weighted by molar-refractivity contribution is 1.36. The maximum absolute atomic E-state index is 4.02. The summed E-state index contributed by atoms with van der Waals surface area (Å²) < 4.78 is 0. The normalized spacial score (nSPS) is 21.3. The van der Waals surface area contributed by atoms with Crippen molar-refractivity contribution < 1.29 is 0 Å². The average Bonchev–Trinajstić information content (AvgIpc) is 2.33. The molecule has 0 radical (unpaired) electrons. The fourth-order valence-corrected chi connectivity index (χ4v) is 0.829. The first-order valence-corrected chi connectivity index (χ1v) is 2.78. The molecule has 0 aliphatic carbocycles. The number of allylic oxidation sites excluding steroid dienone is 1. The molecular formula is C6H5N3. The van der Waals surface area contributed by atoms with E-state index in [1.807, 2.05) is 6.21 Å². The fraction of sp³-hybridized carbons (Fsp3) is 0.167. The van der Waals surface area contributed by atoms with Crippen LogP contribution in [-0.4, -0.2) is 18.3 Å². The van der Waals surface area contributed by atoms with Crippen LogP contribution in [-0.2, 0) is 0 Å². The lowest BCUT2D eigenvalue weighted by atomic mass is 10.2. The van der Waals surface area contributed by atoms with E-state index in [1.54, 1.807) is 12.5 Å². The van der Waals surface area contributed by atoms with Crippen molar-refractivity contribution in [3.05, 3.63) is 11.9 Å². The van der Waals surface area contributed by atoms with Crippen molar-refractivity contribution in [2.24, 2.45) is 15.0 Å². The van der Waals surface area contributed by atoms with Crippen LogP contribution in [0.4, 0.5) is 0 Å². The van der Waals surface area contributed by atoms with E-state index in [0.717, 1.165) is 17.8 Å². The van der Waals surface area contributed by atoms with Crippen LogP contribution < -0.4 is 0 Å². The molecular weight excluding hydrogens is 114 g/mol. The quantitative estimate of drug-likeness (QED) is 0.452. The van der Waals surface area contributed by atoms with Crippen LogP contribution >= 0.6 is 0 Å². The van der Waals surface area contributed by atoms with Crippen LogP contribution in [0.15, 0.2) is 26.9 Å². The van der Waals surface area contributed by atoms with Crippen molar-refractivity contribution in [3.8, 4) is 0 Å². The molecule has 0 bridgehead atoms. The third-order valence-corrected chi connectivity index (χ3v) is 1.29. The summed E-state index contributed by atoms with van der Waals surface area (Å²) in [5.41, 5.74) is 1.95. The monoisotopic (exact) mass is 119 g/mol. The maximum atomic E-state index is 4.02. The molecule has 0 aromatic rings. The molecule has 3 nitrogen and oxygen atoms in total. The summed E-state index contributed by atoms with van der Waals surface area (Å²) >= 11 is 0. The summed E-state index contributed by atoms with van der Waals surface area (Å²) in [6.07, 6.45) is 5.95. The van der Waals surface area contributed by atoms with Gasteiger partial charge in [-0.1, -0.05) is 0 Å². The van der Waals surface area contributed by atoms with Crippen molar-refractivity contribution in [2.75, 3.05) is 0 Å². The van der Waals surface area contributed by atoms with Crippen LogP contribution in [0, 0.1) is 0 Å². The zero-order valence-electron chi connectivity index (χ0n) is 4.78. The highest BCUT2D eigenvalue weighted by molar-refractivity contribution is 6.13. The number of hydrogen-bond donors (Lipinski definition) is 0. The third-order valence-electron chi connectivity index (χ3n) is 1.29. The lowest BCUT2D eigenvalue weighted by Gasteiger charge is -1.98. The summed E-state index contributed by atoms with van der Waals surface area (Å²) in [6.45, 7) is 0. The molecule has 9 heavy (non-hydrogen) atoms. The van der Waals surface area contributed by atoms with E-state index < -0.39 is 0 Å². The Morgan fingerprint density at radius 3 is 3.33 bits per heavy atom. The summed E-state index contributed by atoms with van der Waals surface area (Å²) in [5, 5.41) is 0. The molecule has 2 aliphatic heterocycles. The van der Waals surface area contributed by atoms with Gasteiger partial charge in [-0.15, -0.1) is 0 Å².